The van der Waals surface area contributed by atoms with Crippen molar-refractivity contribution in [1.82, 2.24) is 4.98 Å². The summed E-state index contributed by atoms with van der Waals surface area (Å²) in [5, 5.41) is 9.91. The third-order valence-electron chi connectivity index (χ3n) is 2.51. The average Bonchev–Trinajstić information content (AvgIpc) is 2.34. The van der Waals surface area contributed by atoms with Gasteiger partial charge in [0, 0.05) is 17.1 Å². The molecule has 0 amide bonds. The quantitative estimate of drug-likeness (QED) is 0.942. The fourth-order valence-electron chi connectivity index (χ4n) is 1.60. The van der Waals surface area contributed by atoms with Crippen LogP contribution in [0.2, 0.25) is 0 Å². The van der Waals surface area contributed by atoms with Gasteiger partial charge in [-0.2, -0.15) is 0 Å². The van der Waals surface area contributed by atoms with E-state index in [-0.39, 0.29) is 12.0 Å². The molecule has 0 saturated carbocycles. The standard InChI is InChI=1S/C13H10BrF2NO/c14-9-1-4-12(17-7-9)13(18)6-8-5-10(15)2-3-11(8)16/h1-5,7,13,18H,6H2. The number of pyridine rings is 1. The van der Waals surface area contributed by atoms with Crippen molar-refractivity contribution in [1.29, 1.82) is 0 Å². The van der Waals surface area contributed by atoms with Crippen molar-refractivity contribution in [2.24, 2.45) is 0 Å². The minimum Gasteiger partial charge on any atom is -0.386 e. The van der Waals surface area contributed by atoms with E-state index in [0.29, 0.717) is 5.69 Å². The van der Waals surface area contributed by atoms with Crippen LogP contribution in [0.25, 0.3) is 0 Å². The first-order chi connectivity index (χ1) is 8.56. The summed E-state index contributed by atoms with van der Waals surface area (Å²) in [6.45, 7) is 0. The second-order valence-electron chi connectivity index (χ2n) is 3.86. The van der Waals surface area contributed by atoms with E-state index in [1.165, 1.54) is 0 Å². The second kappa shape index (κ2) is 5.54. The molecule has 2 rings (SSSR count). The van der Waals surface area contributed by atoms with Gasteiger partial charge in [0.15, 0.2) is 0 Å². The molecule has 2 aromatic rings. The number of halogens is 3. The van der Waals surface area contributed by atoms with E-state index in [4.69, 9.17) is 0 Å². The van der Waals surface area contributed by atoms with Crippen LogP contribution in [0.5, 0.6) is 0 Å². The van der Waals surface area contributed by atoms with E-state index in [1.807, 2.05) is 0 Å². The van der Waals surface area contributed by atoms with Crippen molar-refractivity contribution in [3.8, 4) is 0 Å². The summed E-state index contributed by atoms with van der Waals surface area (Å²) in [5.74, 6) is -1.06. The van der Waals surface area contributed by atoms with Crippen LogP contribution in [0.3, 0.4) is 0 Å². The first-order valence-electron chi connectivity index (χ1n) is 5.29. The fourth-order valence-corrected chi connectivity index (χ4v) is 1.83. The maximum absolute atomic E-state index is 13.4. The molecule has 0 aliphatic rings. The average molecular weight is 314 g/mol. The Balaban J connectivity index is 2.18. The van der Waals surface area contributed by atoms with Crippen molar-refractivity contribution in [3.63, 3.8) is 0 Å². The highest BCUT2D eigenvalue weighted by Gasteiger charge is 2.13. The zero-order valence-corrected chi connectivity index (χ0v) is 10.9. The first kappa shape index (κ1) is 13.1. The third kappa shape index (κ3) is 3.11. The Labute approximate surface area is 111 Å². The number of hydrogen-bond donors (Lipinski definition) is 1. The minimum atomic E-state index is -0.964. The van der Waals surface area contributed by atoms with Crippen LogP contribution in [-0.4, -0.2) is 10.1 Å². The van der Waals surface area contributed by atoms with Crippen LogP contribution in [0, 0.1) is 11.6 Å². The zero-order chi connectivity index (χ0) is 13.1. The predicted molar refractivity (Wildman–Crippen MR) is 67.0 cm³/mol. The molecule has 1 N–H and O–H groups in total. The molecule has 0 saturated heterocycles. The number of aliphatic hydroxyl groups excluding tert-OH is 1. The minimum absolute atomic E-state index is 0.0156. The highest BCUT2D eigenvalue weighted by molar-refractivity contribution is 9.10. The topological polar surface area (TPSA) is 33.1 Å². The molecule has 0 aliphatic heterocycles. The molecule has 0 bridgehead atoms. The molecule has 1 aromatic heterocycles. The lowest BCUT2D eigenvalue weighted by Gasteiger charge is -2.11. The largest absolute Gasteiger partial charge is 0.386 e. The van der Waals surface area contributed by atoms with E-state index in [9.17, 15) is 13.9 Å². The van der Waals surface area contributed by atoms with Crippen molar-refractivity contribution in [2.75, 3.05) is 0 Å². The molecule has 2 nitrogen and oxygen atoms in total. The number of nitrogens with zero attached hydrogens (tertiary/aromatic N) is 1. The Morgan fingerprint density at radius 1 is 1.22 bits per heavy atom. The third-order valence-corrected chi connectivity index (χ3v) is 2.98. The maximum atomic E-state index is 13.4. The molecule has 0 fully saturated rings. The van der Waals surface area contributed by atoms with Crippen LogP contribution in [0.4, 0.5) is 8.78 Å². The van der Waals surface area contributed by atoms with E-state index in [1.54, 1.807) is 18.3 Å². The predicted octanol–water partition coefficient (Wildman–Crippen LogP) is 3.40. The van der Waals surface area contributed by atoms with Gasteiger partial charge in [-0.15, -0.1) is 0 Å². The Morgan fingerprint density at radius 3 is 2.67 bits per heavy atom. The molecule has 5 heteroatoms. The van der Waals surface area contributed by atoms with Gasteiger partial charge < -0.3 is 5.11 Å². The van der Waals surface area contributed by atoms with E-state index >= 15 is 0 Å². The highest BCUT2D eigenvalue weighted by Crippen LogP contribution is 2.20. The number of aromatic nitrogens is 1. The fraction of sp³-hybridized carbons (Fsp3) is 0.154. The number of rotatable bonds is 3. The Bertz CT molecular complexity index is 545. The number of aliphatic hydroxyl groups is 1. The van der Waals surface area contributed by atoms with Crippen LogP contribution in [0.1, 0.15) is 17.4 Å². The molecule has 0 aliphatic carbocycles. The van der Waals surface area contributed by atoms with Crippen LogP contribution < -0.4 is 0 Å². The van der Waals surface area contributed by atoms with Crippen LogP contribution in [0.15, 0.2) is 41.0 Å². The summed E-state index contributed by atoms with van der Waals surface area (Å²) in [6, 6.07) is 6.53. The molecule has 94 valence electrons. The van der Waals surface area contributed by atoms with Crippen molar-refractivity contribution >= 4 is 15.9 Å². The molecule has 1 aromatic carbocycles. The molecular weight excluding hydrogens is 304 g/mol. The summed E-state index contributed by atoms with van der Waals surface area (Å²) < 4.78 is 27.2. The lowest BCUT2D eigenvalue weighted by molar-refractivity contribution is 0.172. The highest BCUT2D eigenvalue weighted by atomic mass is 79.9. The molecule has 1 atom stereocenters. The van der Waals surface area contributed by atoms with Gasteiger partial charge in [-0.3, -0.25) is 4.98 Å². The van der Waals surface area contributed by atoms with Gasteiger partial charge >= 0.3 is 0 Å². The van der Waals surface area contributed by atoms with Gasteiger partial charge in [0.25, 0.3) is 0 Å². The van der Waals surface area contributed by atoms with Crippen molar-refractivity contribution < 1.29 is 13.9 Å². The monoisotopic (exact) mass is 313 g/mol. The molecule has 1 unspecified atom stereocenters. The van der Waals surface area contributed by atoms with E-state index < -0.39 is 17.7 Å². The lowest BCUT2D eigenvalue weighted by atomic mass is 10.0. The summed E-state index contributed by atoms with van der Waals surface area (Å²) in [6.07, 6.45) is 0.563. The number of hydrogen-bond acceptors (Lipinski definition) is 2. The summed E-state index contributed by atoms with van der Waals surface area (Å²) in [4.78, 5) is 4.01. The van der Waals surface area contributed by atoms with E-state index in [0.717, 1.165) is 22.7 Å². The van der Waals surface area contributed by atoms with Gasteiger partial charge in [-0.05, 0) is 51.8 Å². The first-order valence-corrected chi connectivity index (χ1v) is 6.09. The SMILES string of the molecule is OC(Cc1cc(F)ccc1F)c1ccc(Br)cn1. The Kier molecular flexibility index (Phi) is 4.04. The van der Waals surface area contributed by atoms with E-state index in [2.05, 4.69) is 20.9 Å². The molecular formula is C13H10BrF2NO. The van der Waals surface area contributed by atoms with Gasteiger partial charge in [0.05, 0.1) is 5.69 Å². The maximum Gasteiger partial charge on any atom is 0.126 e. The van der Waals surface area contributed by atoms with Crippen LogP contribution in [-0.2, 0) is 6.42 Å². The van der Waals surface area contributed by atoms with Gasteiger partial charge in [0.1, 0.15) is 17.7 Å². The smallest absolute Gasteiger partial charge is 0.126 e. The summed E-state index contributed by atoms with van der Waals surface area (Å²) in [7, 11) is 0. The van der Waals surface area contributed by atoms with Crippen LogP contribution >= 0.6 is 15.9 Å². The zero-order valence-electron chi connectivity index (χ0n) is 9.28. The molecule has 18 heavy (non-hydrogen) atoms. The normalized spacial score (nSPS) is 12.4. The molecule has 0 spiro atoms. The van der Waals surface area contributed by atoms with Crippen molar-refractivity contribution in [3.05, 3.63) is 63.9 Å². The Hall–Kier alpha value is -1.33. The Morgan fingerprint density at radius 2 is 2.00 bits per heavy atom. The lowest BCUT2D eigenvalue weighted by Crippen LogP contribution is -2.05. The van der Waals surface area contributed by atoms with Crippen molar-refractivity contribution in [2.45, 2.75) is 12.5 Å². The summed E-state index contributed by atoms with van der Waals surface area (Å²) in [5.41, 5.74) is 0.550. The number of benzene rings is 1. The molecule has 0 radical (unpaired) electrons. The molecule has 1 heterocycles. The summed E-state index contributed by atoms with van der Waals surface area (Å²) >= 11 is 3.23. The second-order valence-corrected chi connectivity index (χ2v) is 4.77. The van der Waals surface area contributed by atoms with Gasteiger partial charge in [0.2, 0.25) is 0 Å². The van der Waals surface area contributed by atoms with Gasteiger partial charge in [-0.1, -0.05) is 0 Å². The van der Waals surface area contributed by atoms with Gasteiger partial charge in [-0.25, -0.2) is 8.78 Å².